The molecule has 0 bridgehead atoms. The van der Waals surface area contributed by atoms with Gasteiger partial charge in [0.1, 0.15) is 0 Å². The highest BCUT2D eigenvalue weighted by atomic mass is 15.2. The van der Waals surface area contributed by atoms with E-state index in [0.29, 0.717) is 0 Å². The molecular formula is C53H40N2. The molecule has 1 aliphatic rings. The molecule has 0 aliphatic carbocycles. The molecule has 0 radical (unpaired) electrons. The maximum absolute atomic E-state index is 2.54. The van der Waals surface area contributed by atoms with Crippen LogP contribution in [0.15, 0.2) is 206 Å². The third-order valence-electron chi connectivity index (χ3n) is 11.4. The van der Waals surface area contributed by atoms with E-state index >= 15 is 0 Å². The highest BCUT2D eigenvalue weighted by Gasteiger charge is 2.39. The second-order valence-electron chi connectivity index (χ2n) is 15.0. The van der Waals surface area contributed by atoms with Crippen LogP contribution in [-0.2, 0) is 5.41 Å². The lowest BCUT2D eigenvalue weighted by molar-refractivity contribution is 0.634. The molecule has 10 rings (SSSR count). The Hall–Kier alpha value is -6.90. The fourth-order valence-electron chi connectivity index (χ4n) is 8.80. The van der Waals surface area contributed by atoms with Gasteiger partial charge >= 0.3 is 0 Å². The van der Waals surface area contributed by atoms with Gasteiger partial charge in [0.25, 0.3) is 0 Å². The standard InChI is InChI=1S/C53H40N2/c1-53(2)48-25-13-14-26-49(48)55(52-46-23-12-11-19-39(46)31-35-47(52)38-17-5-3-6-18-38)50-27-15-24-45(51(50)53)40-29-32-43(33-30-40)54(42-21-7-4-8-22-42)44-34-28-37-16-9-10-20-41(37)36-44/h3-36H,1-2H3. The lowest BCUT2D eigenvalue weighted by atomic mass is 9.70. The van der Waals surface area contributed by atoms with Crippen LogP contribution in [-0.4, -0.2) is 0 Å². The van der Waals surface area contributed by atoms with Gasteiger partial charge in [0, 0.05) is 33.4 Å². The topological polar surface area (TPSA) is 6.48 Å². The maximum atomic E-state index is 2.54. The van der Waals surface area contributed by atoms with Crippen LogP contribution in [0.3, 0.4) is 0 Å². The lowest BCUT2D eigenvalue weighted by Gasteiger charge is -2.44. The van der Waals surface area contributed by atoms with Crippen molar-refractivity contribution in [1.82, 2.24) is 0 Å². The van der Waals surface area contributed by atoms with Crippen molar-refractivity contribution < 1.29 is 0 Å². The quantitative estimate of drug-likeness (QED) is 0.170. The summed E-state index contributed by atoms with van der Waals surface area (Å²) in [5, 5.41) is 4.92. The van der Waals surface area contributed by atoms with Crippen LogP contribution in [0.2, 0.25) is 0 Å². The van der Waals surface area contributed by atoms with Crippen molar-refractivity contribution in [2.24, 2.45) is 0 Å². The first-order chi connectivity index (χ1) is 27.1. The number of hydrogen-bond donors (Lipinski definition) is 0. The maximum Gasteiger partial charge on any atom is 0.0618 e. The Morgan fingerprint density at radius 2 is 0.982 bits per heavy atom. The fourth-order valence-corrected chi connectivity index (χ4v) is 8.80. The summed E-state index contributed by atoms with van der Waals surface area (Å²) in [6.45, 7) is 4.77. The van der Waals surface area contributed by atoms with E-state index in [0.717, 1.165) is 17.1 Å². The largest absolute Gasteiger partial charge is 0.310 e. The van der Waals surface area contributed by atoms with Crippen LogP contribution in [0.25, 0.3) is 43.8 Å². The Balaban J connectivity index is 1.16. The van der Waals surface area contributed by atoms with Crippen LogP contribution in [0.5, 0.6) is 0 Å². The molecule has 0 atom stereocenters. The summed E-state index contributed by atoms with van der Waals surface area (Å²) in [6, 6.07) is 75.1. The molecule has 0 aromatic heterocycles. The van der Waals surface area contributed by atoms with Crippen LogP contribution in [0.4, 0.5) is 34.1 Å². The van der Waals surface area contributed by atoms with Gasteiger partial charge in [-0.15, -0.1) is 0 Å². The van der Waals surface area contributed by atoms with E-state index in [1.165, 1.54) is 72.0 Å². The molecule has 2 nitrogen and oxygen atoms in total. The van der Waals surface area contributed by atoms with Crippen molar-refractivity contribution in [2.75, 3.05) is 9.80 Å². The minimum absolute atomic E-state index is 0.268. The third-order valence-corrected chi connectivity index (χ3v) is 11.4. The molecule has 9 aromatic rings. The second-order valence-corrected chi connectivity index (χ2v) is 15.0. The zero-order chi connectivity index (χ0) is 36.9. The zero-order valence-corrected chi connectivity index (χ0v) is 31.0. The first-order valence-electron chi connectivity index (χ1n) is 19.1. The third kappa shape index (κ3) is 5.49. The Morgan fingerprint density at radius 1 is 0.400 bits per heavy atom. The van der Waals surface area contributed by atoms with Crippen LogP contribution >= 0.6 is 0 Å². The van der Waals surface area contributed by atoms with Crippen LogP contribution < -0.4 is 9.80 Å². The van der Waals surface area contributed by atoms with Gasteiger partial charge < -0.3 is 9.80 Å². The zero-order valence-electron chi connectivity index (χ0n) is 31.0. The Kier molecular flexibility index (Phi) is 7.85. The molecule has 0 amide bonds. The minimum atomic E-state index is -0.268. The summed E-state index contributed by atoms with van der Waals surface area (Å²) in [5.41, 5.74) is 14.2. The van der Waals surface area contributed by atoms with E-state index in [2.05, 4.69) is 230 Å². The van der Waals surface area contributed by atoms with Crippen molar-refractivity contribution in [3.63, 3.8) is 0 Å². The summed E-state index contributed by atoms with van der Waals surface area (Å²) in [7, 11) is 0. The molecule has 55 heavy (non-hydrogen) atoms. The van der Waals surface area contributed by atoms with E-state index in [-0.39, 0.29) is 5.41 Å². The van der Waals surface area contributed by atoms with Crippen LogP contribution in [0.1, 0.15) is 25.0 Å². The molecule has 9 aromatic carbocycles. The number of para-hydroxylation sites is 2. The van der Waals surface area contributed by atoms with Gasteiger partial charge in [-0.3, -0.25) is 0 Å². The summed E-state index contributed by atoms with van der Waals surface area (Å²) in [4.78, 5) is 4.89. The molecule has 0 saturated heterocycles. The van der Waals surface area contributed by atoms with Crippen molar-refractivity contribution in [3.8, 4) is 22.3 Å². The fraction of sp³-hybridized carbons (Fsp3) is 0.0566. The van der Waals surface area contributed by atoms with Crippen molar-refractivity contribution in [1.29, 1.82) is 0 Å². The number of anilines is 6. The molecule has 0 unspecified atom stereocenters. The first-order valence-corrected chi connectivity index (χ1v) is 19.1. The average Bonchev–Trinajstić information content (AvgIpc) is 3.24. The van der Waals surface area contributed by atoms with Crippen molar-refractivity contribution in [2.45, 2.75) is 19.3 Å². The molecule has 1 aliphatic heterocycles. The smallest absolute Gasteiger partial charge is 0.0618 e. The van der Waals surface area contributed by atoms with Gasteiger partial charge in [0.2, 0.25) is 0 Å². The van der Waals surface area contributed by atoms with Crippen molar-refractivity contribution >= 4 is 55.7 Å². The Bertz CT molecular complexity index is 2840. The average molecular weight is 705 g/mol. The number of benzene rings is 9. The molecule has 2 heteroatoms. The number of rotatable bonds is 6. The van der Waals surface area contributed by atoms with Crippen LogP contribution in [0, 0.1) is 0 Å². The Labute approximate surface area is 323 Å². The van der Waals surface area contributed by atoms with E-state index in [9.17, 15) is 0 Å². The molecule has 0 fully saturated rings. The summed E-state index contributed by atoms with van der Waals surface area (Å²) in [6.07, 6.45) is 0. The Morgan fingerprint density at radius 3 is 1.78 bits per heavy atom. The van der Waals surface area contributed by atoms with E-state index < -0.39 is 0 Å². The molecule has 262 valence electrons. The summed E-state index contributed by atoms with van der Waals surface area (Å²) >= 11 is 0. The van der Waals surface area contributed by atoms with Gasteiger partial charge in [-0.05, 0) is 92.5 Å². The lowest BCUT2D eigenvalue weighted by Crippen LogP contribution is -2.31. The van der Waals surface area contributed by atoms with Gasteiger partial charge in [-0.1, -0.05) is 172 Å². The SMILES string of the molecule is CC1(C)c2ccccc2N(c2c(-c3ccccc3)ccc3ccccc23)c2cccc(-c3ccc(N(c4ccccc4)c4ccc5ccccc5c4)cc3)c21. The molecule has 1 heterocycles. The van der Waals surface area contributed by atoms with Crippen molar-refractivity contribution in [3.05, 3.63) is 217 Å². The second kappa shape index (κ2) is 13.2. The predicted octanol–water partition coefficient (Wildman–Crippen LogP) is 14.9. The number of fused-ring (bicyclic) bond motifs is 4. The monoisotopic (exact) mass is 704 g/mol. The van der Waals surface area contributed by atoms with Gasteiger partial charge in [0.05, 0.1) is 17.1 Å². The highest BCUT2D eigenvalue weighted by Crippen LogP contribution is 2.57. The summed E-state index contributed by atoms with van der Waals surface area (Å²) in [5.74, 6) is 0. The number of nitrogens with zero attached hydrogens (tertiary/aromatic N) is 2. The molecule has 0 saturated carbocycles. The minimum Gasteiger partial charge on any atom is -0.310 e. The van der Waals surface area contributed by atoms with Gasteiger partial charge in [0.15, 0.2) is 0 Å². The van der Waals surface area contributed by atoms with E-state index in [1.54, 1.807) is 0 Å². The van der Waals surface area contributed by atoms with Gasteiger partial charge in [-0.2, -0.15) is 0 Å². The predicted molar refractivity (Wildman–Crippen MR) is 234 cm³/mol. The molecule has 0 spiro atoms. The summed E-state index contributed by atoms with van der Waals surface area (Å²) < 4.78 is 0. The van der Waals surface area contributed by atoms with E-state index in [4.69, 9.17) is 0 Å². The molecule has 0 N–H and O–H groups in total. The number of hydrogen-bond acceptors (Lipinski definition) is 2. The van der Waals surface area contributed by atoms with E-state index in [1.807, 2.05) is 0 Å². The normalized spacial score (nSPS) is 13.0. The highest BCUT2D eigenvalue weighted by molar-refractivity contribution is 6.08. The van der Waals surface area contributed by atoms with Gasteiger partial charge in [-0.25, -0.2) is 0 Å². The first kappa shape index (κ1) is 32.7. The molecular weight excluding hydrogens is 665 g/mol.